The van der Waals surface area contributed by atoms with E-state index in [1.807, 2.05) is 12.1 Å². The van der Waals surface area contributed by atoms with Crippen LogP contribution in [0.15, 0.2) is 42.6 Å². The number of carbonyl (C=O) groups excluding carboxylic acids is 2. The molecule has 0 radical (unpaired) electrons. The lowest BCUT2D eigenvalue weighted by molar-refractivity contribution is -0.120. The van der Waals surface area contributed by atoms with Crippen molar-refractivity contribution in [3.63, 3.8) is 0 Å². The van der Waals surface area contributed by atoms with E-state index >= 15 is 0 Å². The normalized spacial score (nSPS) is 13.9. The molecule has 0 bridgehead atoms. The van der Waals surface area contributed by atoms with Crippen LogP contribution < -0.4 is 15.5 Å². The summed E-state index contributed by atoms with van der Waals surface area (Å²) < 4.78 is 5.33. The molecule has 0 spiro atoms. The molecule has 0 saturated carbocycles. The molecule has 136 valence electrons. The third-order valence-electron chi connectivity index (χ3n) is 3.92. The van der Waals surface area contributed by atoms with Crippen LogP contribution in [0.2, 0.25) is 0 Å². The van der Waals surface area contributed by atoms with Crippen molar-refractivity contribution < 1.29 is 14.3 Å². The van der Waals surface area contributed by atoms with Gasteiger partial charge >= 0.3 is 0 Å². The number of hydrogen-bond acceptors (Lipinski definition) is 6. The highest BCUT2D eigenvalue weighted by Gasteiger charge is 2.13. The van der Waals surface area contributed by atoms with Gasteiger partial charge in [0.25, 0.3) is 5.91 Å². The smallest absolute Gasteiger partial charge is 0.251 e. The number of anilines is 1. The minimum atomic E-state index is -0.297. The number of nitrogens with zero attached hydrogens (tertiary/aromatic N) is 3. The number of ether oxygens (including phenoxy) is 1. The second-order valence-corrected chi connectivity index (χ2v) is 5.76. The molecule has 8 heteroatoms. The largest absolute Gasteiger partial charge is 0.378 e. The van der Waals surface area contributed by atoms with Crippen molar-refractivity contribution in [3.8, 4) is 0 Å². The van der Waals surface area contributed by atoms with Gasteiger partial charge < -0.3 is 20.3 Å². The molecule has 0 atom stereocenters. The van der Waals surface area contributed by atoms with Crippen molar-refractivity contribution in [3.05, 3.63) is 54.0 Å². The van der Waals surface area contributed by atoms with E-state index in [1.165, 1.54) is 0 Å². The van der Waals surface area contributed by atoms with Crippen molar-refractivity contribution in [2.24, 2.45) is 0 Å². The number of nitrogens with one attached hydrogen (secondary N) is 2. The van der Waals surface area contributed by atoms with E-state index < -0.39 is 0 Å². The fraction of sp³-hybridized carbons (Fsp3) is 0.333. The minimum Gasteiger partial charge on any atom is -0.378 e. The van der Waals surface area contributed by atoms with Gasteiger partial charge in [-0.15, -0.1) is 0 Å². The molecule has 3 rings (SSSR count). The fourth-order valence-electron chi connectivity index (χ4n) is 2.53. The zero-order valence-corrected chi connectivity index (χ0v) is 14.4. The summed E-state index contributed by atoms with van der Waals surface area (Å²) in [5.74, 6) is 0.766. The summed E-state index contributed by atoms with van der Waals surface area (Å²) in [6.45, 7) is 3.03. The molecule has 1 saturated heterocycles. The first-order valence-electron chi connectivity index (χ1n) is 8.47. The van der Waals surface area contributed by atoms with Crippen molar-refractivity contribution in [2.75, 3.05) is 37.7 Å². The molecule has 1 aliphatic rings. The molecule has 1 aromatic heterocycles. The number of hydrogen-bond donors (Lipinski definition) is 2. The molecule has 0 aliphatic carbocycles. The summed E-state index contributed by atoms with van der Waals surface area (Å²) in [4.78, 5) is 34.6. The van der Waals surface area contributed by atoms with Crippen LogP contribution in [-0.2, 0) is 16.1 Å². The highest BCUT2D eigenvalue weighted by atomic mass is 16.5. The lowest BCUT2D eigenvalue weighted by Crippen LogP contribution is -2.38. The van der Waals surface area contributed by atoms with Crippen LogP contribution in [0.1, 0.15) is 16.2 Å². The maximum absolute atomic E-state index is 11.9. The first-order chi connectivity index (χ1) is 12.7. The van der Waals surface area contributed by atoms with E-state index in [2.05, 4.69) is 25.5 Å². The highest BCUT2D eigenvalue weighted by Crippen LogP contribution is 2.11. The summed E-state index contributed by atoms with van der Waals surface area (Å²) in [5, 5.41) is 5.30. The van der Waals surface area contributed by atoms with Gasteiger partial charge in [0.2, 0.25) is 5.91 Å². The van der Waals surface area contributed by atoms with Crippen molar-refractivity contribution >= 4 is 17.6 Å². The van der Waals surface area contributed by atoms with E-state index in [4.69, 9.17) is 4.74 Å². The van der Waals surface area contributed by atoms with Crippen molar-refractivity contribution in [2.45, 2.75) is 6.54 Å². The lowest BCUT2D eigenvalue weighted by Gasteiger charge is -2.27. The summed E-state index contributed by atoms with van der Waals surface area (Å²) in [5.41, 5.74) is 0.516. The molecule has 2 N–H and O–H groups in total. The van der Waals surface area contributed by atoms with Crippen LogP contribution in [0, 0.1) is 0 Å². The SMILES string of the molecule is O=C(CNC(=O)c1ccccc1)NCc1nccc(N2CCOCC2)n1. The summed E-state index contributed by atoms with van der Waals surface area (Å²) in [6, 6.07) is 10.6. The van der Waals surface area contributed by atoms with Crippen molar-refractivity contribution in [1.29, 1.82) is 0 Å². The van der Waals surface area contributed by atoms with Gasteiger partial charge in [0, 0.05) is 24.8 Å². The Bertz CT molecular complexity index is 748. The first-order valence-corrected chi connectivity index (χ1v) is 8.47. The van der Waals surface area contributed by atoms with Gasteiger partial charge in [-0.2, -0.15) is 0 Å². The van der Waals surface area contributed by atoms with Crippen molar-refractivity contribution in [1.82, 2.24) is 20.6 Å². The van der Waals surface area contributed by atoms with Crippen LogP contribution in [0.5, 0.6) is 0 Å². The van der Waals surface area contributed by atoms with E-state index in [9.17, 15) is 9.59 Å². The van der Waals surface area contributed by atoms with E-state index in [0.717, 1.165) is 18.9 Å². The van der Waals surface area contributed by atoms with Crippen LogP contribution >= 0.6 is 0 Å². The van der Waals surface area contributed by atoms with Gasteiger partial charge in [-0.25, -0.2) is 9.97 Å². The van der Waals surface area contributed by atoms with Gasteiger partial charge in [-0.1, -0.05) is 18.2 Å². The number of rotatable bonds is 6. The Balaban J connectivity index is 1.46. The summed E-state index contributed by atoms with van der Waals surface area (Å²) >= 11 is 0. The van der Waals surface area contributed by atoms with Gasteiger partial charge in [0.05, 0.1) is 26.3 Å². The number of amides is 2. The third kappa shape index (κ3) is 5.00. The quantitative estimate of drug-likeness (QED) is 0.777. The second kappa shape index (κ2) is 8.91. The molecule has 1 fully saturated rings. The van der Waals surface area contributed by atoms with E-state index in [-0.39, 0.29) is 24.9 Å². The Morgan fingerprint density at radius 2 is 1.85 bits per heavy atom. The second-order valence-electron chi connectivity index (χ2n) is 5.76. The van der Waals surface area contributed by atoms with E-state index in [1.54, 1.807) is 30.5 Å². The minimum absolute atomic E-state index is 0.100. The highest BCUT2D eigenvalue weighted by molar-refractivity contribution is 5.96. The molecule has 0 unspecified atom stereocenters. The molecule has 1 aromatic carbocycles. The third-order valence-corrected chi connectivity index (χ3v) is 3.92. The molecule has 2 amide bonds. The number of morpholine rings is 1. The average molecular weight is 355 g/mol. The first kappa shape index (κ1) is 17.8. The fourth-order valence-corrected chi connectivity index (χ4v) is 2.53. The van der Waals surface area contributed by atoms with Crippen LogP contribution in [-0.4, -0.2) is 54.6 Å². The predicted octanol–water partition coefficient (Wildman–Crippen LogP) is 0.359. The number of benzene rings is 1. The average Bonchev–Trinajstić information content (AvgIpc) is 2.72. The van der Waals surface area contributed by atoms with Crippen LogP contribution in [0.3, 0.4) is 0 Å². The molecular weight excluding hydrogens is 334 g/mol. The van der Waals surface area contributed by atoms with Gasteiger partial charge in [0.1, 0.15) is 11.6 Å². The van der Waals surface area contributed by atoms with Gasteiger partial charge in [-0.05, 0) is 18.2 Å². The molecule has 26 heavy (non-hydrogen) atoms. The molecule has 2 heterocycles. The van der Waals surface area contributed by atoms with Crippen LogP contribution in [0.4, 0.5) is 5.82 Å². The number of aromatic nitrogens is 2. The van der Waals surface area contributed by atoms with Gasteiger partial charge in [0.15, 0.2) is 0 Å². The molecular formula is C18H21N5O3. The monoisotopic (exact) mass is 355 g/mol. The standard InChI is InChI=1S/C18H21N5O3/c24-17(13-21-18(25)14-4-2-1-3-5-14)20-12-15-19-7-6-16(22-15)23-8-10-26-11-9-23/h1-7H,8-13H2,(H,20,24)(H,21,25). The molecule has 1 aliphatic heterocycles. The lowest BCUT2D eigenvalue weighted by atomic mass is 10.2. The zero-order valence-electron chi connectivity index (χ0n) is 14.4. The topological polar surface area (TPSA) is 96.5 Å². The predicted molar refractivity (Wildman–Crippen MR) is 95.7 cm³/mol. The maximum Gasteiger partial charge on any atom is 0.251 e. The van der Waals surface area contributed by atoms with Gasteiger partial charge in [-0.3, -0.25) is 9.59 Å². The molecule has 2 aromatic rings. The Labute approximate surface area is 151 Å². The molecule has 8 nitrogen and oxygen atoms in total. The maximum atomic E-state index is 11.9. The Morgan fingerprint density at radius 1 is 1.08 bits per heavy atom. The Hall–Kier alpha value is -3.00. The van der Waals surface area contributed by atoms with Crippen LogP contribution in [0.25, 0.3) is 0 Å². The summed E-state index contributed by atoms with van der Waals surface area (Å²) in [7, 11) is 0. The number of carbonyl (C=O) groups is 2. The van der Waals surface area contributed by atoms with E-state index in [0.29, 0.717) is 24.6 Å². The summed E-state index contributed by atoms with van der Waals surface area (Å²) in [6.07, 6.45) is 1.68. The Morgan fingerprint density at radius 3 is 2.62 bits per heavy atom. The zero-order chi connectivity index (χ0) is 18.2. The Kier molecular flexibility index (Phi) is 6.10.